The predicted molar refractivity (Wildman–Crippen MR) is 124 cm³/mol. The minimum atomic E-state index is -1.06. The molecule has 2 N–H and O–H groups in total. The second-order valence-corrected chi connectivity index (χ2v) is 7.74. The number of aryl methyl sites for hydroxylation is 1. The Morgan fingerprint density at radius 2 is 1.78 bits per heavy atom. The molecular weight excluding hydrogens is 407 g/mol. The van der Waals surface area contributed by atoms with Gasteiger partial charge >= 0.3 is 5.97 Å². The fourth-order valence-corrected chi connectivity index (χ4v) is 3.93. The van der Waals surface area contributed by atoms with Crippen LogP contribution in [0.4, 0.5) is 15.8 Å². The number of hydrogen-bond donors (Lipinski definition) is 2. The maximum absolute atomic E-state index is 13.1. The van der Waals surface area contributed by atoms with Crippen LogP contribution in [-0.4, -0.2) is 30.1 Å². The molecule has 0 atom stereocenters. The molecule has 0 radical (unpaired) electrons. The number of benzene rings is 3. The molecule has 0 saturated carbocycles. The average Bonchev–Trinajstić information content (AvgIpc) is 2.80. The Morgan fingerprint density at radius 3 is 2.44 bits per heavy atom. The minimum absolute atomic E-state index is 0.120. The fraction of sp³-hybridized carbons (Fsp3) is 0.154. The van der Waals surface area contributed by atoms with Crippen molar-refractivity contribution in [3.63, 3.8) is 0 Å². The molecule has 32 heavy (non-hydrogen) atoms. The Hall–Kier alpha value is -3.93. The molecule has 6 heteroatoms. The van der Waals surface area contributed by atoms with Crippen LogP contribution in [0.15, 0.2) is 72.8 Å². The van der Waals surface area contributed by atoms with Gasteiger partial charge in [-0.05, 0) is 72.5 Å². The number of rotatable bonds is 5. The number of nitrogens with zero attached hydrogens (tertiary/aromatic N) is 1. The third kappa shape index (κ3) is 4.54. The second kappa shape index (κ2) is 9.06. The molecule has 0 spiro atoms. The van der Waals surface area contributed by atoms with E-state index in [1.165, 1.54) is 47.0 Å². The first-order chi connectivity index (χ1) is 15.4. The Morgan fingerprint density at radius 1 is 1.03 bits per heavy atom. The SMILES string of the molecule is Cc1ccccc1C1=CCN(c2ccc(NC(=O)c3ccc(F)cc3)cc2C(=O)O)CC1. The highest BCUT2D eigenvalue weighted by Crippen LogP contribution is 2.30. The van der Waals surface area contributed by atoms with E-state index in [1.54, 1.807) is 12.1 Å². The summed E-state index contributed by atoms with van der Waals surface area (Å²) in [5.74, 6) is -1.93. The van der Waals surface area contributed by atoms with E-state index in [1.807, 2.05) is 17.0 Å². The predicted octanol–water partition coefficient (Wildman–Crippen LogP) is 5.38. The Labute approximate surface area is 185 Å². The molecule has 3 aromatic carbocycles. The molecule has 0 aromatic heterocycles. The molecule has 0 unspecified atom stereocenters. The van der Waals surface area contributed by atoms with E-state index in [9.17, 15) is 19.1 Å². The Kier molecular flexibility index (Phi) is 6.03. The lowest BCUT2D eigenvalue weighted by Gasteiger charge is -2.30. The summed E-state index contributed by atoms with van der Waals surface area (Å²) in [6, 6.07) is 18.3. The van der Waals surface area contributed by atoms with Gasteiger partial charge in [0, 0.05) is 24.3 Å². The maximum Gasteiger partial charge on any atom is 0.337 e. The van der Waals surface area contributed by atoms with Gasteiger partial charge in [-0.15, -0.1) is 0 Å². The highest BCUT2D eigenvalue weighted by Gasteiger charge is 2.20. The molecule has 1 heterocycles. The van der Waals surface area contributed by atoms with Gasteiger partial charge < -0.3 is 15.3 Å². The lowest BCUT2D eigenvalue weighted by molar-refractivity contribution is 0.0697. The first kappa shape index (κ1) is 21.3. The monoisotopic (exact) mass is 430 g/mol. The molecule has 162 valence electrons. The zero-order chi connectivity index (χ0) is 22.7. The van der Waals surface area contributed by atoms with Crippen molar-refractivity contribution in [3.8, 4) is 0 Å². The van der Waals surface area contributed by atoms with E-state index in [4.69, 9.17) is 0 Å². The molecule has 0 aliphatic carbocycles. The zero-order valence-corrected chi connectivity index (χ0v) is 17.6. The van der Waals surface area contributed by atoms with Crippen molar-refractivity contribution in [2.24, 2.45) is 0 Å². The van der Waals surface area contributed by atoms with E-state index >= 15 is 0 Å². The number of hydrogen-bond acceptors (Lipinski definition) is 3. The van der Waals surface area contributed by atoms with E-state index in [0.717, 1.165) is 6.42 Å². The van der Waals surface area contributed by atoms with E-state index in [2.05, 4.69) is 30.4 Å². The highest BCUT2D eigenvalue weighted by atomic mass is 19.1. The summed E-state index contributed by atoms with van der Waals surface area (Å²) < 4.78 is 13.1. The summed E-state index contributed by atoms with van der Waals surface area (Å²) in [7, 11) is 0. The van der Waals surface area contributed by atoms with Gasteiger partial charge in [0.25, 0.3) is 5.91 Å². The normalized spacial score (nSPS) is 13.4. The maximum atomic E-state index is 13.1. The van der Waals surface area contributed by atoms with Crippen molar-refractivity contribution in [3.05, 3.63) is 101 Å². The summed E-state index contributed by atoms with van der Waals surface area (Å²) in [4.78, 5) is 26.4. The number of carbonyl (C=O) groups is 2. The highest BCUT2D eigenvalue weighted by molar-refractivity contribution is 6.05. The van der Waals surface area contributed by atoms with E-state index in [-0.39, 0.29) is 11.1 Å². The van der Waals surface area contributed by atoms with Crippen molar-refractivity contribution in [2.45, 2.75) is 13.3 Å². The number of carboxylic acids is 1. The van der Waals surface area contributed by atoms with Crippen LogP contribution in [0.3, 0.4) is 0 Å². The minimum Gasteiger partial charge on any atom is -0.478 e. The summed E-state index contributed by atoms with van der Waals surface area (Å²) in [6.07, 6.45) is 2.95. The van der Waals surface area contributed by atoms with E-state index in [0.29, 0.717) is 24.5 Å². The molecular formula is C26H23FN2O3. The van der Waals surface area contributed by atoms with Gasteiger partial charge in [0.05, 0.1) is 11.3 Å². The number of halogens is 1. The summed E-state index contributed by atoms with van der Waals surface area (Å²) in [6.45, 7) is 3.39. The summed E-state index contributed by atoms with van der Waals surface area (Å²) in [5, 5.41) is 12.5. The van der Waals surface area contributed by atoms with Crippen LogP contribution in [0.2, 0.25) is 0 Å². The number of nitrogens with one attached hydrogen (secondary N) is 1. The topological polar surface area (TPSA) is 69.6 Å². The molecule has 0 saturated heterocycles. The van der Waals surface area contributed by atoms with Crippen molar-refractivity contribution < 1.29 is 19.1 Å². The molecule has 4 rings (SSSR count). The molecule has 5 nitrogen and oxygen atoms in total. The van der Waals surface area contributed by atoms with Crippen molar-refractivity contribution in [1.82, 2.24) is 0 Å². The van der Waals surface area contributed by atoms with E-state index < -0.39 is 17.7 Å². The third-order valence-electron chi connectivity index (χ3n) is 5.63. The zero-order valence-electron chi connectivity index (χ0n) is 17.6. The number of amides is 1. The largest absolute Gasteiger partial charge is 0.478 e. The standard InChI is InChI=1S/C26H23FN2O3/c1-17-4-2-3-5-22(17)18-12-14-29(15-13-18)24-11-10-21(16-23(24)26(31)32)28-25(30)19-6-8-20(27)9-7-19/h2-12,16H,13-15H2,1H3,(H,28,30)(H,31,32). The first-order valence-corrected chi connectivity index (χ1v) is 10.4. The van der Waals surface area contributed by atoms with Gasteiger partial charge in [0.15, 0.2) is 0 Å². The smallest absolute Gasteiger partial charge is 0.337 e. The van der Waals surface area contributed by atoms with Gasteiger partial charge in [0.1, 0.15) is 5.82 Å². The molecule has 1 aliphatic heterocycles. The van der Waals surface area contributed by atoms with Crippen molar-refractivity contribution in [2.75, 3.05) is 23.3 Å². The van der Waals surface area contributed by atoms with Crippen molar-refractivity contribution in [1.29, 1.82) is 0 Å². The first-order valence-electron chi connectivity index (χ1n) is 10.4. The van der Waals surface area contributed by atoms with Crippen LogP contribution in [0.5, 0.6) is 0 Å². The summed E-state index contributed by atoms with van der Waals surface area (Å²) in [5.41, 5.74) is 5.10. The number of anilines is 2. The third-order valence-corrected chi connectivity index (χ3v) is 5.63. The van der Waals surface area contributed by atoms with Gasteiger partial charge in [-0.2, -0.15) is 0 Å². The van der Waals surface area contributed by atoms with Crippen molar-refractivity contribution >= 4 is 28.8 Å². The fourth-order valence-electron chi connectivity index (χ4n) is 3.93. The second-order valence-electron chi connectivity index (χ2n) is 7.74. The van der Waals surface area contributed by atoms with Crippen LogP contribution >= 0.6 is 0 Å². The average molecular weight is 430 g/mol. The molecule has 1 amide bonds. The van der Waals surface area contributed by atoms with Crippen LogP contribution in [-0.2, 0) is 0 Å². The molecule has 1 aliphatic rings. The number of carboxylic acid groups (broad SMARTS) is 1. The van der Waals surface area contributed by atoms with Gasteiger partial charge in [-0.3, -0.25) is 4.79 Å². The lowest BCUT2D eigenvalue weighted by Crippen LogP contribution is -2.30. The summed E-state index contributed by atoms with van der Waals surface area (Å²) >= 11 is 0. The van der Waals surface area contributed by atoms with Gasteiger partial charge in [-0.1, -0.05) is 30.3 Å². The van der Waals surface area contributed by atoms with Crippen LogP contribution in [0.1, 0.15) is 38.3 Å². The Balaban J connectivity index is 1.54. The van der Waals surface area contributed by atoms with Crippen LogP contribution in [0.25, 0.3) is 5.57 Å². The van der Waals surface area contributed by atoms with Crippen LogP contribution in [0, 0.1) is 12.7 Å². The molecule has 0 fully saturated rings. The molecule has 0 bridgehead atoms. The van der Waals surface area contributed by atoms with Gasteiger partial charge in [0.2, 0.25) is 0 Å². The number of carbonyl (C=O) groups excluding carboxylic acids is 1. The van der Waals surface area contributed by atoms with Crippen LogP contribution < -0.4 is 10.2 Å². The number of aromatic carboxylic acids is 1. The molecule has 3 aromatic rings. The Bertz CT molecular complexity index is 1200. The quantitative estimate of drug-likeness (QED) is 0.570. The lowest BCUT2D eigenvalue weighted by atomic mass is 9.95. The van der Waals surface area contributed by atoms with Gasteiger partial charge in [-0.25, -0.2) is 9.18 Å².